The van der Waals surface area contributed by atoms with Crippen LogP contribution in [0, 0.1) is 10.1 Å². The maximum Gasteiger partial charge on any atom is 0.321 e. The molecule has 2 N–H and O–H groups in total. The number of rotatable bonds is 9. The van der Waals surface area contributed by atoms with Crippen LogP contribution in [0.3, 0.4) is 0 Å². The topological polar surface area (TPSA) is 182 Å². The second-order valence-electron chi connectivity index (χ2n) is 6.73. The van der Waals surface area contributed by atoms with Crippen molar-refractivity contribution in [3.8, 4) is 0 Å². The zero-order valence-corrected chi connectivity index (χ0v) is 18.4. The Kier molecular flexibility index (Phi) is 7.56. The largest absolute Gasteiger partial charge is 0.455 e. The third-order valence-corrected chi connectivity index (χ3v) is 7.81. The van der Waals surface area contributed by atoms with Crippen LogP contribution >= 0.6 is 0 Å². The van der Waals surface area contributed by atoms with E-state index in [1.807, 2.05) is 4.72 Å². The van der Waals surface area contributed by atoms with Gasteiger partial charge in [-0.1, -0.05) is 0 Å². The Hall–Kier alpha value is -2.78. The predicted molar refractivity (Wildman–Crippen MR) is 109 cm³/mol. The molecule has 0 aromatic heterocycles. The molecule has 1 amide bonds. The molecule has 13 nitrogen and oxygen atoms in total. The number of hydrogen-bond donors (Lipinski definition) is 2. The van der Waals surface area contributed by atoms with Gasteiger partial charge in [-0.2, -0.15) is 4.72 Å². The van der Waals surface area contributed by atoms with Crippen molar-refractivity contribution in [3.63, 3.8) is 0 Å². The van der Waals surface area contributed by atoms with Crippen molar-refractivity contribution in [3.05, 3.63) is 28.3 Å². The van der Waals surface area contributed by atoms with Crippen LogP contribution in [0.4, 0.5) is 11.4 Å². The Morgan fingerprint density at radius 2 is 2.03 bits per heavy atom. The van der Waals surface area contributed by atoms with Gasteiger partial charge >= 0.3 is 5.97 Å². The number of nitro benzene ring substituents is 1. The quantitative estimate of drug-likeness (QED) is 0.256. The van der Waals surface area contributed by atoms with E-state index in [2.05, 4.69) is 5.32 Å². The maximum absolute atomic E-state index is 12.3. The predicted octanol–water partition coefficient (Wildman–Crippen LogP) is -0.896. The first-order chi connectivity index (χ1) is 14.4. The number of sulfone groups is 1. The van der Waals surface area contributed by atoms with Gasteiger partial charge in [0.15, 0.2) is 16.4 Å². The highest BCUT2D eigenvalue weighted by Gasteiger charge is 2.33. The number of ether oxygens (including phenoxy) is 1. The first kappa shape index (κ1) is 24.5. The van der Waals surface area contributed by atoms with Crippen LogP contribution in [0.15, 0.2) is 23.1 Å². The van der Waals surface area contributed by atoms with Crippen molar-refractivity contribution in [1.82, 2.24) is 9.62 Å². The summed E-state index contributed by atoms with van der Waals surface area (Å²) in [6.07, 6.45) is 0.288. The van der Waals surface area contributed by atoms with Gasteiger partial charge in [0.2, 0.25) is 10.0 Å². The number of nitro groups is 1. The second-order valence-corrected chi connectivity index (χ2v) is 10.7. The number of likely N-dealkylation sites (N-methyl/N-ethyl adjacent to an activating group) is 1. The number of esters is 1. The molecule has 1 heterocycles. The molecular weight excluding hydrogens is 456 g/mol. The fraction of sp³-hybridized carbons (Fsp3) is 0.500. The van der Waals surface area contributed by atoms with E-state index >= 15 is 0 Å². The molecule has 1 unspecified atom stereocenters. The molecule has 1 saturated heterocycles. The number of nitrogens with zero attached hydrogens (tertiary/aromatic N) is 2. The number of amides is 1. The van der Waals surface area contributed by atoms with E-state index in [0.717, 1.165) is 12.1 Å². The van der Waals surface area contributed by atoms with Gasteiger partial charge in [0.05, 0.1) is 21.3 Å². The van der Waals surface area contributed by atoms with Crippen LogP contribution in [0.25, 0.3) is 0 Å². The summed E-state index contributed by atoms with van der Waals surface area (Å²) >= 11 is 0. The average Bonchev–Trinajstić information content (AvgIpc) is 3.08. The third kappa shape index (κ3) is 6.35. The molecular formula is C16H22N4O9S2. The van der Waals surface area contributed by atoms with Gasteiger partial charge in [0.25, 0.3) is 11.6 Å². The highest BCUT2D eigenvalue weighted by atomic mass is 32.2. The standard InChI is InChI=1S/C16H22N4O9S2/c1-17-13-4-3-12(7-14(13)20(23)24)31(27,28)18-8-16(22)29-9-15(21)19(2)11-5-6-30(25,26)10-11/h3-4,7,11,17-18H,5-6,8-10H2,1-2H3. The highest BCUT2D eigenvalue weighted by Crippen LogP contribution is 2.27. The number of carbonyl (C=O) groups is 2. The Labute approximate surface area is 178 Å². The van der Waals surface area contributed by atoms with Crippen molar-refractivity contribution in [2.24, 2.45) is 0 Å². The minimum atomic E-state index is -4.26. The second kappa shape index (κ2) is 9.57. The van der Waals surface area contributed by atoms with E-state index in [1.54, 1.807) is 0 Å². The van der Waals surface area contributed by atoms with Gasteiger partial charge in [-0.3, -0.25) is 19.7 Å². The maximum atomic E-state index is 12.3. The Balaban J connectivity index is 1.91. The lowest BCUT2D eigenvalue weighted by Crippen LogP contribution is -2.41. The lowest BCUT2D eigenvalue weighted by Gasteiger charge is -2.23. The molecule has 172 valence electrons. The molecule has 0 bridgehead atoms. The Morgan fingerprint density at radius 1 is 1.35 bits per heavy atom. The molecule has 15 heteroatoms. The lowest BCUT2D eigenvalue weighted by molar-refractivity contribution is -0.384. The summed E-state index contributed by atoms with van der Waals surface area (Å²) < 4.78 is 54.3. The number of carbonyl (C=O) groups excluding carboxylic acids is 2. The molecule has 1 atom stereocenters. The normalized spacial score (nSPS) is 17.7. The number of sulfonamides is 1. The van der Waals surface area contributed by atoms with Crippen LogP contribution < -0.4 is 10.0 Å². The molecule has 0 radical (unpaired) electrons. The fourth-order valence-electron chi connectivity index (χ4n) is 2.86. The first-order valence-electron chi connectivity index (χ1n) is 8.94. The van der Waals surface area contributed by atoms with Gasteiger partial charge in [-0.05, 0) is 18.6 Å². The number of benzene rings is 1. The summed E-state index contributed by atoms with van der Waals surface area (Å²) in [5, 5.41) is 13.6. The number of nitrogens with one attached hydrogen (secondary N) is 2. The van der Waals surface area contributed by atoms with E-state index < -0.39 is 66.4 Å². The van der Waals surface area contributed by atoms with Crippen LogP contribution in [-0.2, 0) is 34.2 Å². The van der Waals surface area contributed by atoms with Crippen molar-refractivity contribution in [1.29, 1.82) is 0 Å². The number of anilines is 1. The van der Waals surface area contributed by atoms with Crippen molar-refractivity contribution in [2.75, 3.05) is 44.1 Å². The van der Waals surface area contributed by atoms with Crippen molar-refractivity contribution in [2.45, 2.75) is 17.4 Å². The molecule has 0 saturated carbocycles. The third-order valence-electron chi connectivity index (χ3n) is 4.66. The van der Waals surface area contributed by atoms with Crippen molar-refractivity contribution >= 4 is 43.1 Å². The molecule has 2 rings (SSSR count). The Morgan fingerprint density at radius 3 is 2.58 bits per heavy atom. The molecule has 1 aliphatic heterocycles. The van der Waals surface area contributed by atoms with E-state index in [-0.39, 0.29) is 23.6 Å². The summed E-state index contributed by atoms with van der Waals surface area (Å²) in [7, 11) is -4.62. The van der Waals surface area contributed by atoms with Gasteiger partial charge < -0.3 is 15.0 Å². The average molecular weight is 479 g/mol. The van der Waals surface area contributed by atoms with Gasteiger partial charge in [0.1, 0.15) is 12.2 Å². The molecule has 1 aromatic carbocycles. The monoisotopic (exact) mass is 478 g/mol. The molecule has 31 heavy (non-hydrogen) atoms. The SMILES string of the molecule is CNc1ccc(S(=O)(=O)NCC(=O)OCC(=O)N(C)C2CCS(=O)(=O)C2)cc1[N+](=O)[O-]. The molecule has 1 aromatic rings. The summed E-state index contributed by atoms with van der Waals surface area (Å²) in [5.41, 5.74) is -0.350. The van der Waals surface area contributed by atoms with Crippen LogP contribution in [0.2, 0.25) is 0 Å². The minimum absolute atomic E-state index is 0.0235. The zero-order valence-electron chi connectivity index (χ0n) is 16.7. The molecule has 0 aliphatic carbocycles. The van der Waals surface area contributed by atoms with E-state index in [9.17, 15) is 36.5 Å². The first-order valence-corrected chi connectivity index (χ1v) is 12.2. The smallest absolute Gasteiger partial charge is 0.321 e. The van der Waals surface area contributed by atoms with Gasteiger partial charge in [0, 0.05) is 26.2 Å². The highest BCUT2D eigenvalue weighted by molar-refractivity contribution is 7.91. The van der Waals surface area contributed by atoms with Gasteiger partial charge in [-0.25, -0.2) is 16.8 Å². The van der Waals surface area contributed by atoms with Crippen LogP contribution in [0.1, 0.15) is 6.42 Å². The van der Waals surface area contributed by atoms with E-state index in [4.69, 9.17) is 4.74 Å². The summed E-state index contributed by atoms with van der Waals surface area (Å²) in [4.78, 5) is 35.0. The summed E-state index contributed by atoms with van der Waals surface area (Å²) in [5.74, 6) is -1.87. The lowest BCUT2D eigenvalue weighted by atomic mass is 10.2. The summed E-state index contributed by atoms with van der Waals surface area (Å²) in [6.45, 7) is -1.49. The van der Waals surface area contributed by atoms with E-state index in [1.165, 1.54) is 25.1 Å². The van der Waals surface area contributed by atoms with E-state index in [0.29, 0.717) is 0 Å². The summed E-state index contributed by atoms with van der Waals surface area (Å²) in [6, 6.07) is 2.67. The van der Waals surface area contributed by atoms with Gasteiger partial charge in [-0.15, -0.1) is 0 Å². The Bertz CT molecular complexity index is 1090. The molecule has 0 spiro atoms. The number of hydrogen-bond acceptors (Lipinski definition) is 10. The van der Waals surface area contributed by atoms with Crippen LogP contribution in [0.5, 0.6) is 0 Å². The van der Waals surface area contributed by atoms with Crippen LogP contribution in [-0.4, -0.2) is 83.3 Å². The fourth-order valence-corrected chi connectivity index (χ4v) is 5.62. The van der Waals surface area contributed by atoms with Crippen molar-refractivity contribution < 1.29 is 36.1 Å². The minimum Gasteiger partial charge on any atom is -0.455 e. The molecule has 1 fully saturated rings. The molecule has 1 aliphatic rings. The zero-order chi connectivity index (χ0) is 23.4.